The number of piperazine rings is 1. The van der Waals surface area contributed by atoms with E-state index in [2.05, 4.69) is 39.4 Å². The van der Waals surface area contributed by atoms with Gasteiger partial charge in [0, 0.05) is 51.0 Å². The lowest BCUT2D eigenvalue weighted by molar-refractivity contribution is -0.132. The van der Waals surface area contributed by atoms with Crippen LogP contribution in [0.5, 0.6) is 0 Å². The third-order valence-electron chi connectivity index (χ3n) is 5.67. The van der Waals surface area contributed by atoms with E-state index in [0.29, 0.717) is 6.42 Å². The van der Waals surface area contributed by atoms with Gasteiger partial charge < -0.3 is 4.90 Å². The first-order valence-corrected chi connectivity index (χ1v) is 9.83. The predicted octanol–water partition coefficient (Wildman–Crippen LogP) is 0.900. The Kier molecular flexibility index (Phi) is 5.39. The van der Waals surface area contributed by atoms with Crippen molar-refractivity contribution < 1.29 is 4.79 Å². The van der Waals surface area contributed by atoms with Crippen molar-refractivity contribution in [1.82, 2.24) is 39.8 Å². The maximum Gasteiger partial charge on any atom is 0.227 e. The topological polar surface area (TPSA) is 85.0 Å². The van der Waals surface area contributed by atoms with Gasteiger partial charge in [0.15, 0.2) is 0 Å². The van der Waals surface area contributed by atoms with Crippen molar-refractivity contribution in [1.29, 1.82) is 0 Å². The van der Waals surface area contributed by atoms with E-state index >= 15 is 0 Å². The van der Waals surface area contributed by atoms with E-state index < -0.39 is 0 Å². The van der Waals surface area contributed by atoms with Crippen molar-refractivity contribution in [3.05, 3.63) is 53.1 Å². The molecule has 0 spiro atoms. The third-order valence-corrected chi connectivity index (χ3v) is 5.67. The number of amides is 1. The van der Waals surface area contributed by atoms with E-state index in [1.54, 1.807) is 11.0 Å². The SMILES string of the molecule is Cc1nn(C)c(C)c1CN1CCN(C(=O)Cc2ccc(-n3cnnn3)cc2)CC1. The molecule has 3 heterocycles. The quantitative estimate of drug-likeness (QED) is 0.639. The fraction of sp³-hybridized carbons (Fsp3) is 0.450. The van der Waals surface area contributed by atoms with Gasteiger partial charge in [-0.25, -0.2) is 4.68 Å². The van der Waals surface area contributed by atoms with Crippen LogP contribution in [0.4, 0.5) is 0 Å². The Labute approximate surface area is 169 Å². The summed E-state index contributed by atoms with van der Waals surface area (Å²) in [6, 6.07) is 7.77. The Morgan fingerprint density at radius 3 is 2.38 bits per heavy atom. The summed E-state index contributed by atoms with van der Waals surface area (Å²) in [6.07, 6.45) is 1.96. The molecule has 1 aliphatic heterocycles. The van der Waals surface area contributed by atoms with Crippen molar-refractivity contribution in [2.75, 3.05) is 26.2 Å². The lowest BCUT2D eigenvalue weighted by atomic mass is 10.1. The first-order chi connectivity index (χ1) is 14.0. The second kappa shape index (κ2) is 8.12. The normalized spacial score (nSPS) is 15.1. The highest BCUT2D eigenvalue weighted by Crippen LogP contribution is 2.16. The molecule has 0 unspecified atom stereocenters. The summed E-state index contributed by atoms with van der Waals surface area (Å²) in [5.74, 6) is 0.175. The van der Waals surface area contributed by atoms with E-state index in [4.69, 9.17) is 0 Å². The first kappa shape index (κ1) is 19.3. The molecular formula is C20H26N8O. The fourth-order valence-corrected chi connectivity index (χ4v) is 3.76. The number of hydrogen-bond acceptors (Lipinski definition) is 6. The molecule has 1 aromatic carbocycles. The standard InChI is InChI=1S/C20H26N8O/c1-15-19(16(2)25(3)22-15)13-26-8-10-27(11-9-26)20(29)12-17-4-6-18(7-5-17)28-14-21-23-24-28/h4-7,14H,8-13H2,1-3H3. The monoisotopic (exact) mass is 394 g/mol. The van der Waals surface area contributed by atoms with Crippen molar-refractivity contribution in [2.24, 2.45) is 7.05 Å². The number of tetrazole rings is 1. The summed E-state index contributed by atoms with van der Waals surface area (Å²) in [5, 5.41) is 15.6. The van der Waals surface area contributed by atoms with E-state index in [1.807, 2.05) is 40.9 Å². The molecule has 1 aliphatic rings. The zero-order valence-corrected chi connectivity index (χ0v) is 17.1. The van der Waals surface area contributed by atoms with Gasteiger partial charge in [0.25, 0.3) is 0 Å². The van der Waals surface area contributed by atoms with Crippen molar-refractivity contribution in [3.8, 4) is 5.69 Å². The van der Waals surface area contributed by atoms with Crippen LogP contribution in [-0.4, -0.2) is 71.9 Å². The van der Waals surface area contributed by atoms with Crippen LogP contribution in [0, 0.1) is 13.8 Å². The van der Waals surface area contributed by atoms with Crippen molar-refractivity contribution in [3.63, 3.8) is 0 Å². The van der Waals surface area contributed by atoms with E-state index in [-0.39, 0.29) is 5.91 Å². The van der Waals surface area contributed by atoms with Crippen LogP contribution in [0.2, 0.25) is 0 Å². The van der Waals surface area contributed by atoms with Crippen LogP contribution in [0.15, 0.2) is 30.6 Å². The fourth-order valence-electron chi connectivity index (χ4n) is 3.76. The Hall–Kier alpha value is -3.07. The molecule has 0 saturated carbocycles. The van der Waals surface area contributed by atoms with E-state index in [9.17, 15) is 4.79 Å². The number of benzene rings is 1. The molecule has 1 saturated heterocycles. The minimum absolute atomic E-state index is 0.175. The summed E-state index contributed by atoms with van der Waals surface area (Å²) in [5.41, 5.74) is 5.48. The van der Waals surface area contributed by atoms with E-state index in [0.717, 1.165) is 49.7 Å². The van der Waals surface area contributed by atoms with E-state index in [1.165, 1.54) is 11.3 Å². The predicted molar refractivity (Wildman–Crippen MR) is 107 cm³/mol. The van der Waals surface area contributed by atoms with Crippen molar-refractivity contribution in [2.45, 2.75) is 26.8 Å². The molecule has 3 aromatic rings. The van der Waals surface area contributed by atoms with Gasteiger partial charge in [-0.05, 0) is 42.0 Å². The number of hydrogen-bond donors (Lipinski definition) is 0. The molecule has 0 atom stereocenters. The minimum Gasteiger partial charge on any atom is -0.340 e. The number of nitrogens with zero attached hydrogens (tertiary/aromatic N) is 8. The number of aryl methyl sites for hydroxylation is 2. The maximum atomic E-state index is 12.7. The first-order valence-electron chi connectivity index (χ1n) is 9.83. The molecule has 152 valence electrons. The maximum absolute atomic E-state index is 12.7. The Balaban J connectivity index is 1.30. The van der Waals surface area contributed by atoms with Gasteiger partial charge in [0.1, 0.15) is 6.33 Å². The van der Waals surface area contributed by atoms with Crippen LogP contribution in [0.3, 0.4) is 0 Å². The van der Waals surface area contributed by atoms with Crippen LogP contribution in [0.1, 0.15) is 22.5 Å². The molecule has 1 fully saturated rings. The summed E-state index contributed by atoms with van der Waals surface area (Å²) < 4.78 is 3.53. The summed E-state index contributed by atoms with van der Waals surface area (Å²) in [7, 11) is 1.98. The molecule has 29 heavy (non-hydrogen) atoms. The Bertz CT molecular complexity index is 969. The molecule has 0 N–H and O–H groups in total. The number of carbonyl (C=O) groups is 1. The third kappa shape index (κ3) is 4.19. The Morgan fingerprint density at radius 2 is 1.79 bits per heavy atom. The minimum atomic E-state index is 0.175. The smallest absolute Gasteiger partial charge is 0.227 e. The molecule has 9 nitrogen and oxygen atoms in total. The molecule has 1 amide bonds. The summed E-state index contributed by atoms with van der Waals surface area (Å²) in [4.78, 5) is 17.1. The van der Waals surface area contributed by atoms with Gasteiger partial charge in [0.05, 0.1) is 17.8 Å². The van der Waals surface area contributed by atoms with Gasteiger partial charge in [-0.15, -0.1) is 5.10 Å². The second-order valence-corrected chi connectivity index (χ2v) is 7.53. The zero-order valence-electron chi connectivity index (χ0n) is 17.1. The highest BCUT2D eigenvalue weighted by molar-refractivity contribution is 5.79. The summed E-state index contributed by atoms with van der Waals surface area (Å²) in [6.45, 7) is 8.37. The highest BCUT2D eigenvalue weighted by Gasteiger charge is 2.22. The number of aromatic nitrogens is 6. The second-order valence-electron chi connectivity index (χ2n) is 7.53. The molecule has 9 heteroatoms. The molecule has 2 aromatic heterocycles. The largest absolute Gasteiger partial charge is 0.340 e. The van der Waals surface area contributed by atoms with Gasteiger partial charge in [-0.3, -0.25) is 14.4 Å². The average molecular weight is 394 g/mol. The van der Waals surface area contributed by atoms with Gasteiger partial charge in [0.2, 0.25) is 5.91 Å². The van der Waals surface area contributed by atoms with Crippen LogP contribution in [0.25, 0.3) is 5.69 Å². The lowest BCUT2D eigenvalue weighted by Gasteiger charge is -2.35. The molecule has 0 radical (unpaired) electrons. The highest BCUT2D eigenvalue weighted by atomic mass is 16.2. The molecule has 0 aliphatic carbocycles. The van der Waals surface area contributed by atoms with Crippen molar-refractivity contribution >= 4 is 5.91 Å². The lowest BCUT2D eigenvalue weighted by Crippen LogP contribution is -2.48. The average Bonchev–Trinajstić information content (AvgIpc) is 3.34. The Morgan fingerprint density at radius 1 is 1.07 bits per heavy atom. The van der Waals surface area contributed by atoms with Gasteiger partial charge in [-0.1, -0.05) is 12.1 Å². The molecule has 0 bridgehead atoms. The number of rotatable bonds is 5. The van der Waals surface area contributed by atoms with Gasteiger partial charge >= 0.3 is 0 Å². The zero-order chi connectivity index (χ0) is 20.4. The molecule has 4 rings (SSSR count). The summed E-state index contributed by atoms with van der Waals surface area (Å²) >= 11 is 0. The van der Waals surface area contributed by atoms with Crippen LogP contribution < -0.4 is 0 Å². The van der Waals surface area contributed by atoms with Crippen LogP contribution in [-0.2, 0) is 24.8 Å². The molecular weight excluding hydrogens is 368 g/mol. The number of carbonyl (C=O) groups excluding carboxylic acids is 1. The van der Waals surface area contributed by atoms with Gasteiger partial charge in [-0.2, -0.15) is 5.10 Å². The van der Waals surface area contributed by atoms with Crippen LogP contribution >= 0.6 is 0 Å².